The van der Waals surface area contributed by atoms with Crippen molar-refractivity contribution in [2.45, 2.75) is 25.8 Å². The van der Waals surface area contributed by atoms with Crippen molar-refractivity contribution in [2.75, 3.05) is 6.54 Å². The molecule has 0 bridgehead atoms. The maximum Gasteiger partial charge on any atom is 0.0348 e. The molecule has 2 rings (SSSR count). The van der Waals surface area contributed by atoms with Gasteiger partial charge < -0.3 is 5.32 Å². The van der Waals surface area contributed by atoms with Gasteiger partial charge in [0.25, 0.3) is 0 Å². The average molecular weight is 254 g/mol. The zero-order valence-electron chi connectivity index (χ0n) is 8.46. The molecular formula is C12H16BrN. The third kappa shape index (κ3) is 2.37. The average Bonchev–Trinajstić information content (AvgIpc) is 2.99. The molecule has 1 saturated carbocycles. The van der Waals surface area contributed by atoms with Crippen LogP contribution in [0.3, 0.4) is 0 Å². The number of hydrogen-bond donors (Lipinski definition) is 1. The monoisotopic (exact) mass is 253 g/mol. The first-order valence-electron chi connectivity index (χ1n) is 5.30. The van der Waals surface area contributed by atoms with Gasteiger partial charge in [-0.2, -0.15) is 0 Å². The van der Waals surface area contributed by atoms with Gasteiger partial charge in [0.05, 0.1) is 0 Å². The number of halogens is 1. The molecule has 0 aromatic heterocycles. The summed E-state index contributed by atoms with van der Waals surface area (Å²) in [5.74, 6) is 0.871. The smallest absolute Gasteiger partial charge is 0.0348 e. The topological polar surface area (TPSA) is 12.0 Å². The Balaban J connectivity index is 2.13. The van der Waals surface area contributed by atoms with Gasteiger partial charge in [0.15, 0.2) is 0 Å². The Hall–Kier alpha value is -0.340. The summed E-state index contributed by atoms with van der Waals surface area (Å²) in [7, 11) is 0. The molecule has 14 heavy (non-hydrogen) atoms. The summed E-state index contributed by atoms with van der Waals surface area (Å²) in [6.45, 7) is 3.23. The molecule has 1 unspecified atom stereocenters. The Labute approximate surface area is 94.0 Å². The maximum absolute atomic E-state index is 3.56. The van der Waals surface area contributed by atoms with E-state index in [2.05, 4.69) is 52.4 Å². The molecule has 1 aromatic rings. The van der Waals surface area contributed by atoms with E-state index in [0.717, 1.165) is 16.9 Å². The lowest BCUT2D eigenvalue weighted by Crippen LogP contribution is -2.22. The molecule has 0 aliphatic heterocycles. The van der Waals surface area contributed by atoms with Crippen molar-refractivity contribution in [1.82, 2.24) is 5.32 Å². The van der Waals surface area contributed by atoms with E-state index in [-0.39, 0.29) is 0 Å². The summed E-state index contributed by atoms with van der Waals surface area (Å²) in [5, 5.41) is 3.56. The zero-order chi connectivity index (χ0) is 9.97. The van der Waals surface area contributed by atoms with Crippen LogP contribution in [0.5, 0.6) is 0 Å². The van der Waals surface area contributed by atoms with Gasteiger partial charge in [0.2, 0.25) is 0 Å². The van der Waals surface area contributed by atoms with Gasteiger partial charge in [-0.1, -0.05) is 35.0 Å². The Morgan fingerprint density at radius 1 is 1.36 bits per heavy atom. The van der Waals surface area contributed by atoms with Gasteiger partial charge in [-0.3, -0.25) is 0 Å². The van der Waals surface area contributed by atoms with Crippen LogP contribution in [0.4, 0.5) is 0 Å². The van der Waals surface area contributed by atoms with Crippen LogP contribution >= 0.6 is 15.9 Å². The van der Waals surface area contributed by atoms with Gasteiger partial charge in [0, 0.05) is 10.5 Å². The van der Waals surface area contributed by atoms with Crippen LogP contribution in [-0.2, 0) is 0 Å². The Morgan fingerprint density at radius 3 is 2.50 bits per heavy atom. The molecule has 2 heteroatoms. The highest BCUT2D eigenvalue weighted by molar-refractivity contribution is 9.10. The first-order chi connectivity index (χ1) is 6.81. The van der Waals surface area contributed by atoms with Crippen molar-refractivity contribution >= 4 is 15.9 Å². The highest BCUT2D eigenvalue weighted by Gasteiger charge is 2.31. The van der Waals surface area contributed by atoms with Crippen molar-refractivity contribution in [3.8, 4) is 0 Å². The predicted octanol–water partition coefficient (Wildman–Crippen LogP) is 3.51. The van der Waals surface area contributed by atoms with Crippen LogP contribution in [-0.4, -0.2) is 6.54 Å². The Kier molecular flexibility index (Phi) is 3.24. The number of hydrogen-bond acceptors (Lipinski definition) is 1. The third-order valence-corrected chi connectivity index (χ3v) is 3.28. The van der Waals surface area contributed by atoms with Crippen molar-refractivity contribution in [1.29, 1.82) is 0 Å². The molecule has 1 aliphatic rings. The highest BCUT2D eigenvalue weighted by Crippen LogP contribution is 2.41. The minimum Gasteiger partial charge on any atom is -0.310 e. The number of rotatable bonds is 4. The fraction of sp³-hybridized carbons (Fsp3) is 0.500. The molecule has 0 spiro atoms. The van der Waals surface area contributed by atoms with Crippen molar-refractivity contribution in [3.63, 3.8) is 0 Å². The summed E-state index contributed by atoms with van der Waals surface area (Å²) < 4.78 is 1.16. The minimum atomic E-state index is 0.577. The van der Waals surface area contributed by atoms with Gasteiger partial charge in [0.1, 0.15) is 0 Å². The van der Waals surface area contributed by atoms with Gasteiger partial charge in [-0.25, -0.2) is 0 Å². The first kappa shape index (κ1) is 10.2. The molecule has 0 heterocycles. The zero-order valence-corrected chi connectivity index (χ0v) is 10.0. The molecule has 0 amide bonds. The van der Waals surface area contributed by atoms with Gasteiger partial charge in [-0.05, 0) is 43.0 Å². The Morgan fingerprint density at radius 2 is 2.00 bits per heavy atom. The second kappa shape index (κ2) is 4.45. The molecule has 0 radical (unpaired) electrons. The second-order valence-corrected chi connectivity index (χ2v) is 4.84. The maximum atomic E-state index is 3.56. The van der Waals surface area contributed by atoms with Crippen molar-refractivity contribution in [3.05, 3.63) is 34.3 Å². The van der Waals surface area contributed by atoms with E-state index in [1.165, 1.54) is 18.4 Å². The first-order valence-corrected chi connectivity index (χ1v) is 6.09. The summed E-state index contributed by atoms with van der Waals surface area (Å²) in [5.41, 5.74) is 1.43. The van der Waals surface area contributed by atoms with Crippen LogP contribution in [0.25, 0.3) is 0 Å². The highest BCUT2D eigenvalue weighted by atomic mass is 79.9. The second-order valence-electron chi connectivity index (χ2n) is 3.92. The van der Waals surface area contributed by atoms with Crippen molar-refractivity contribution in [2.24, 2.45) is 5.92 Å². The van der Waals surface area contributed by atoms with E-state index in [9.17, 15) is 0 Å². The van der Waals surface area contributed by atoms with E-state index in [1.54, 1.807) is 0 Å². The SMILES string of the molecule is CCNC(c1ccc(Br)cc1)C1CC1. The fourth-order valence-corrected chi connectivity index (χ4v) is 2.14. The molecule has 1 N–H and O–H groups in total. The molecule has 0 saturated heterocycles. The molecule has 76 valence electrons. The molecule has 1 aromatic carbocycles. The van der Waals surface area contributed by atoms with Crippen LogP contribution < -0.4 is 5.32 Å². The van der Waals surface area contributed by atoms with E-state index >= 15 is 0 Å². The quantitative estimate of drug-likeness (QED) is 0.866. The molecule has 1 nitrogen and oxygen atoms in total. The molecule has 1 aliphatic carbocycles. The van der Waals surface area contributed by atoms with Crippen LogP contribution in [0.15, 0.2) is 28.7 Å². The number of benzene rings is 1. The Bertz CT molecular complexity index is 290. The lowest BCUT2D eigenvalue weighted by Gasteiger charge is -2.17. The van der Waals surface area contributed by atoms with Crippen LogP contribution in [0.2, 0.25) is 0 Å². The van der Waals surface area contributed by atoms with E-state index in [4.69, 9.17) is 0 Å². The van der Waals surface area contributed by atoms with Gasteiger partial charge >= 0.3 is 0 Å². The summed E-state index contributed by atoms with van der Waals surface area (Å²) in [4.78, 5) is 0. The van der Waals surface area contributed by atoms with E-state index in [1.807, 2.05) is 0 Å². The van der Waals surface area contributed by atoms with Crippen LogP contribution in [0.1, 0.15) is 31.4 Å². The minimum absolute atomic E-state index is 0.577. The molecule has 1 atom stereocenters. The standard InChI is InChI=1S/C12H16BrN/c1-2-14-12(9-3-4-9)10-5-7-11(13)8-6-10/h5-9,12,14H,2-4H2,1H3. The van der Waals surface area contributed by atoms with E-state index < -0.39 is 0 Å². The summed E-state index contributed by atoms with van der Waals surface area (Å²) in [6.07, 6.45) is 2.77. The predicted molar refractivity (Wildman–Crippen MR) is 63.3 cm³/mol. The largest absolute Gasteiger partial charge is 0.310 e. The molecular weight excluding hydrogens is 238 g/mol. The van der Waals surface area contributed by atoms with Crippen molar-refractivity contribution < 1.29 is 0 Å². The van der Waals surface area contributed by atoms with Crippen LogP contribution in [0, 0.1) is 5.92 Å². The van der Waals surface area contributed by atoms with Gasteiger partial charge in [-0.15, -0.1) is 0 Å². The lowest BCUT2D eigenvalue weighted by atomic mass is 10.0. The number of nitrogens with one attached hydrogen (secondary N) is 1. The normalized spacial score (nSPS) is 18.1. The fourth-order valence-electron chi connectivity index (χ4n) is 1.88. The molecule has 1 fully saturated rings. The summed E-state index contributed by atoms with van der Waals surface area (Å²) in [6, 6.07) is 9.27. The van der Waals surface area contributed by atoms with E-state index in [0.29, 0.717) is 6.04 Å². The lowest BCUT2D eigenvalue weighted by molar-refractivity contribution is 0.496. The summed E-state index contributed by atoms with van der Waals surface area (Å²) >= 11 is 3.47. The third-order valence-electron chi connectivity index (χ3n) is 2.75.